The zero-order valence-corrected chi connectivity index (χ0v) is 14.9. The lowest BCUT2D eigenvalue weighted by atomic mass is 10.2. The van der Waals surface area contributed by atoms with E-state index in [4.69, 9.17) is 37.5 Å². The first-order valence-corrected chi connectivity index (χ1v) is 7.96. The highest BCUT2D eigenvalue weighted by molar-refractivity contribution is 6.35. The van der Waals surface area contributed by atoms with E-state index >= 15 is 0 Å². The summed E-state index contributed by atoms with van der Waals surface area (Å²) in [6.45, 7) is 3.83. The topological polar surface area (TPSA) is 88.6 Å². The molecule has 0 spiro atoms. The smallest absolute Gasteiger partial charge is 0.301 e. The van der Waals surface area contributed by atoms with Gasteiger partial charge in [-0.25, -0.2) is 4.98 Å². The van der Waals surface area contributed by atoms with Crippen molar-refractivity contribution in [1.82, 2.24) is 9.55 Å². The van der Waals surface area contributed by atoms with Crippen LogP contribution in [-0.2, 0) is 14.3 Å². The molecule has 8 nitrogen and oxygen atoms in total. The van der Waals surface area contributed by atoms with Crippen LogP contribution in [0.3, 0.4) is 0 Å². The molecule has 1 heterocycles. The molecule has 0 saturated heterocycles. The van der Waals surface area contributed by atoms with Gasteiger partial charge in [0.15, 0.2) is 12.0 Å². The third-order valence-electron chi connectivity index (χ3n) is 2.96. The molecule has 0 bridgehead atoms. The summed E-state index contributed by atoms with van der Waals surface area (Å²) >= 11 is 12.2. The maximum absolute atomic E-state index is 11.0. The maximum Gasteiger partial charge on any atom is 0.301 e. The molecule has 1 atom stereocenters. The molecule has 2 aromatic rings. The lowest BCUT2D eigenvalue weighted by Gasteiger charge is -2.20. The summed E-state index contributed by atoms with van der Waals surface area (Å²) in [5, 5.41) is 10.7. The number of nitrogens with zero attached hydrogens (tertiary/aromatic N) is 3. The second-order valence-corrected chi connectivity index (χ2v) is 5.53. The Bertz CT molecular complexity index is 765. The summed E-state index contributed by atoms with van der Waals surface area (Å²) in [5.74, 6) is -0.212. The van der Waals surface area contributed by atoms with Crippen LogP contribution < -0.4 is 0 Å². The van der Waals surface area contributed by atoms with Gasteiger partial charge in [-0.2, -0.15) is 0 Å². The van der Waals surface area contributed by atoms with Crippen molar-refractivity contribution >= 4 is 34.8 Å². The minimum atomic E-state index is -0.951. The van der Waals surface area contributed by atoms with Crippen molar-refractivity contribution < 1.29 is 19.4 Å². The highest BCUT2D eigenvalue weighted by Crippen LogP contribution is 2.32. The number of halogens is 2. The molecule has 0 aliphatic rings. The SMILES string of the molecule is CCOC(C)O/C(=C(/O[N+](=O)[O-])n1ccnc1)c1ccc(Cl)cc1Cl. The Hall–Kier alpha value is -2.29. The van der Waals surface area contributed by atoms with Gasteiger partial charge in [-0.3, -0.25) is 9.40 Å². The van der Waals surface area contributed by atoms with E-state index in [2.05, 4.69) is 4.98 Å². The maximum atomic E-state index is 11.0. The third kappa shape index (κ3) is 5.09. The van der Waals surface area contributed by atoms with E-state index in [1.54, 1.807) is 26.0 Å². The fraction of sp³-hybridized carbons (Fsp3) is 0.267. The van der Waals surface area contributed by atoms with E-state index in [0.29, 0.717) is 17.2 Å². The lowest BCUT2D eigenvalue weighted by molar-refractivity contribution is -0.732. The normalized spacial score (nSPS) is 13.1. The van der Waals surface area contributed by atoms with Crippen LogP contribution >= 0.6 is 23.2 Å². The van der Waals surface area contributed by atoms with Crippen molar-refractivity contribution in [1.29, 1.82) is 0 Å². The Labute approximate surface area is 153 Å². The Balaban J connectivity index is 2.62. The predicted octanol–water partition coefficient (Wildman–Crippen LogP) is 4.08. The molecule has 0 fully saturated rings. The molecule has 1 aromatic heterocycles. The van der Waals surface area contributed by atoms with Crippen LogP contribution in [0.25, 0.3) is 11.6 Å². The average Bonchev–Trinajstić information content (AvgIpc) is 3.05. The van der Waals surface area contributed by atoms with Gasteiger partial charge in [0.05, 0.1) is 5.02 Å². The minimum Gasteiger partial charge on any atom is -0.461 e. The number of aromatic nitrogens is 2. The van der Waals surface area contributed by atoms with Crippen molar-refractivity contribution in [2.45, 2.75) is 20.1 Å². The number of hydrogen-bond acceptors (Lipinski definition) is 6. The van der Waals surface area contributed by atoms with Crippen molar-refractivity contribution in [3.8, 4) is 0 Å². The fourth-order valence-corrected chi connectivity index (χ4v) is 2.49. The minimum absolute atomic E-state index is 0.0114. The van der Waals surface area contributed by atoms with E-state index < -0.39 is 11.4 Å². The van der Waals surface area contributed by atoms with Gasteiger partial charge in [0, 0.05) is 29.6 Å². The summed E-state index contributed by atoms with van der Waals surface area (Å²) in [7, 11) is 0. The van der Waals surface area contributed by atoms with Crippen molar-refractivity contribution in [2.75, 3.05) is 6.61 Å². The lowest BCUT2D eigenvalue weighted by Crippen LogP contribution is -2.16. The van der Waals surface area contributed by atoms with Crippen LogP contribution in [0.4, 0.5) is 0 Å². The molecule has 0 N–H and O–H groups in total. The van der Waals surface area contributed by atoms with E-state index in [-0.39, 0.29) is 16.7 Å². The quantitative estimate of drug-likeness (QED) is 0.293. The van der Waals surface area contributed by atoms with Crippen molar-refractivity contribution in [3.05, 3.63) is 62.6 Å². The molecule has 0 aliphatic heterocycles. The summed E-state index contributed by atoms with van der Waals surface area (Å²) in [5.41, 5.74) is 0.350. The van der Waals surface area contributed by atoms with Gasteiger partial charge < -0.3 is 9.47 Å². The highest BCUT2D eigenvalue weighted by atomic mass is 35.5. The highest BCUT2D eigenvalue weighted by Gasteiger charge is 2.22. The molecule has 0 saturated carbocycles. The molecular formula is C15H15Cl2N3O5. The molecule has 0 aliphatic carbocycles. The van der Waals surface area contributed by atoms with E-state index in [9.17, 15) is 10.1 Å². The van der Waals surface area contributed by atoms with Gasteiger partial charge in [0.2, 0.25) is 5.88 Å². The summed E-state index contributed by atoms with van der Waals surface area (Å²) in [6.07, 6.45) is 3.53. The van der Waals surface area contributed by atoms with E-state index in [0.717, 1.165) is 0 Å². The van der Waals surface area contributed by atoms with Crippen LogP contribution in [0.1, 0.15) is 19.4 Å². The van der Waals surface area contributed by atoms with Gasteiger partial charge >= 0.3 is 5.09 Å². The molecule has 10 heteroatoms. The number of ether oxygens (including phenoxy) is 2. The van der Waals surface area contributed by atoms with E-state index in [1.807, 2.05) is 0 Å². The summed E-state index contributed by atoms with van der Waals surface area (Å²) in [6, 6.07) is 4.64. The number of rotatable bonds is 8. The Morgan fingerprint density at radius 1 is 1.44 bits per heavy atom. The van der Waals surface area contributed by atoms with Crippen LogP contribution in [0, 0.1) is 10.1 Å². The number of benzene rings is 1. The van der Waals surface area contributed by atoms with Gasteiger partial charge in [-0.05, 0) is 32.0 Å². The summed E-state index contributed by atoms with van der Waals surface area (Å²) < 4.78 is 12.4. The standard InChI is InChI=1S/C15H15Cl2N3O5/c1-3-23-10(2)24-14(12-5-4-11(16)8-13(12)17)15(25-20(21)22)19-7-6-18-9-19/h4-10H,3H2,1-2H3/b15-14+. The molecule has 134 valence electrons. The zero-order chi connectivity index (χ0) is 18.4. The van der Waals surface area contributed by atoms with Gasteiger partial charge in [0.1, 0.15) is 6.33 Å². The molecule has 1 unspecified atom stereocenters. The average molecular weight is 388 g/mol. The Morgan fingerprint density at radius 3 is 2.76 bits per heavy atom. The van der Waals surface area contributed by atoms with Crippen molar-refractivity contribution in [2.24, 2.45) is 0 Å². The van der Waals surface area contributed by atoms with Gasteiger partial charge in [0.25, 0.3) is 0 Å². The first-order chi connectivity index (χ1) is 11.9. The molecule has 2 rings (SSSR count). The number of hydrogen-bond donors (Lipinski definition) is 0. The molecule has 1 aromatic carbocycles. The summed E-state index contributed by atoms with van der Waals surface area (Å²) in [4.78, 5) is 19.6. The zero-order valence-electron chi connectivity index (χ0n) is 13.4. The Kier molecular flexibility index (Phi) is 6.63. The van der Waals surface area contributed by atoms with Crippen LogP contribution in [0.15, 0.2) is 36.9 Å². The first kappa shape index (κ1) is 19.0. The fourth-order valence-electron chi connectivity index (χ4n) is 1.99. The molecule has 0 amide bonds. The second kappa shape index (κ2) is 8.70. The monoisotopic (exact) mass is 387 g/mol. The van der Waals surface area contributed by atoms with Crippen molar-refractivity contribution in [3.63, 3.8) is 0 Å². The van der Waals surface area contributed by atoms with E-state index in [1.165, 1.54) is 29.4 Å². The predicted molar refractivity (Wildman–Crippen MR) is 92.1 cm³/mol. The van der Waals surface area contributed by atoms with Crippen LogP contribution in [0.5, 0.6) is 0 Å². The molecule has 25 heavy (non-hydrogen) atoms. The van der Waals surface area contributed by atoms with Gasteiger partial charge in [-0.1, -0.05) is 23.2 Å². The van der Waals surface area contributed by atoms with Gasteiger partial charge in [-0.15, -0.1) is 10.1 Å². The first-order valence-electron chi connectivity index (χ1n) is 7.21. The second-order valence-electron chi connectivity index (χ2n) is 4.68. The third-order valence-corrected chi connectivity index (χ3v) is 3.50. The van der Waals surface area contributed by atoms with Crippen LogP contribution in [0.2, 0.25) is 10.0 Å². The molecular weight excluding hydrogens is 373 g/mol. The Morgan fingerprint density at radius 2 is 2.20 bits per heavy atom. The van der Waals surface area contributed by atoms with Crippen LogP contribution in [-0.4, -0.2) is 27.5 Å². The largest absolute Gasteiger partial charge is 0.461 e. The molecule has 0 radical (unpaired) electrons. The number of imidazole rings is 1.